The van der Waals surface area contributed by atoms with Crippen molar-refractivity contribution in [3.63, 3.8) is 0 Å². The van der Waals surface area contributed by atoms with Crippen LogP contribution < -0.4 is 5.32 Å². The van der Waals surface area contributed by atoms with Gasteiger partial charge in [0, 0.05) is 13.2 Å². The molecular formula is C11H15N5O. The van der Waals surface area contributed by atoms with Crippen LogP contribution >= 0.6 is 0 Å². The smallest absolute Gasteiger partial charge is 0.278 e. The zero-order chi connectivity index (χ0) is 11.7. The van der Waals surface area contributed by atoms with Gasteiger partial charge in [0.1, 0.15) is 0 Å². The SMILES string of the molecule is Cn1ccc(-c2nc(C3CCCCN3)no2)n1. The lowest BCUT2D eigenvalue weighted by molar-refractivity contribution is 0.366. The molecule has 1 unspecified atom stereocenters. The largest absolute Gasteiger partial charge is 0.332 e. The summed E-state index contributed by atoms with van der Waals surface area (Å²) in [7, 11) is 1.86. The van der Waals surface area contributed by atoms with Crippen LogP contribution in [0.5, 0.6) is 0 Å². The van der Waals surface area contributed by atoms with Gasteiger partial charge in [-0.25, -0.2) is 0 Å². The highest BCUT2D eigenvalue weighted by molar-refractivity contribution is 5.44. The van der Waals surface area contributed by atoms with Gasteiger partial charge in [-0.3, -0.25) is 4.68 Å². The number of nitrogens with zero attached hydrogens (tertiary/aromatic N) is 4. The Bertz CT molecular complexity index is 497. The van der Waals surface area contributed by atoms with Crippen LogP contribution in [-0.2, 0) is 7.05 Å². The van der Waals surface area contributed by atoms with E-state index in [1.165, 1.54) is 12.8 Å². The van der Waals surface area contributed by atoms with Crippen molar-refractivity contribution >= 4 is 0 Å². The highest BCUT2D eigenvalue weighted by Crippen LogP contribution is 2.22. The van der Waals surface area contributed by atoms with Crippen LogP contribution in [0.1, 0.15) is 31.1 Å². The summed E-state index contributed by atoms with van der Waals surface area (Å²) in [5.41, 5.74) is 0.724. The minimum atomic E-state index is 0.227. The Hall–Kier alpha value is -1.69. The van der Waals surface area contributed by atoms with Crippen molar-refractivity contribution in [3.05, 3.63) is 18.1 Å². The standard InChI is InChI=1S/C11H15N5O/c1-16-7-5-9(14-16)11-13-10(15-17-11)8-4-2-3-6-12-8/h5,7-8,12H,2-4,6H2,1H3. The van der Waals surface area contributed by atoms with Gasteiger partial charge >= 0.3 is 0 Å². The van der Waals surface area contributed by atoms with Crippen LogP contribution in [0.25, 0.3) is 11.6 Å². The van der Waals surface area contributed by atoms with Crippen molar-refractivity contribution in [3.8, 4) is 11.6 Å². The Labute approximate surface area is 99.0 Å². The third kappa shape index (κ3) is 2.08. The monoisotopic (exact) mass is 233 g/mol. The predicted molar refractivity (Wildman–Crippen MR) is 61.1 cm³/mol. The van der Waals surface area contributed by atoms with Gasteiger partial charge in [0.05, 0.1) is 6.04 Å². The molecule has 0 spiro atoms. The van der Waals surface area contributed by atoms with Crippen molar-refractivity contribution in [2.45, 2.75) is 25.3 Å². The average Bonchev–Trinajstić information content (AvgIpc) is 2.98. The lowest BCUT2D eigenvalue weighted by Gasteiger charge is -2.19. The zero-order valence-corrected chi connectivity index (χ0v) is 9.76. The molecule has 6 heteroatoms. The summed E-state index contributed by atoms with van der Waals surface area (Å²) in [5.74, 6) is 1.23. The fourth-order valence-electron chi connectivity index (χ4n) is 2.08. The van der Waals surface area contributed by atoms with Crippen LogP contribution in [-0.4, -0.2) is 26.5 Å². The number of hydrogen-bond donors (Lipinski definition) is 1. The van der Waals surface area contributed by atoms with E-state index >= 15 is 0 Å². The summed E-state index contributed by atoms with van der Waals surface area (Å²) < 4.78 is 6.96. The number of piperidine rings is 1. The quantitative estimate of drug-likeness (QED) is 0.846. The van der Waals surface area contributed by atoms with Crippen molar-refractivity contribution in [1.29, 1.82) is 0 Å². The molecule has 3 heterocycles. The lowest BCUT2D eigenvalue weighted by atomic mass is 10.0. The molecule has 2 aromatic heterocycles. The van der Waals surface area contributed by atoms with Gasteiger partial charge in [0.25, 0.3) is 5.89 Å². The van der Waals surface area contributed by atoms with Gasteiger partial charge in [-0.1, -0.05) is 11.6 Å². The molecule has 2 aromatic rings. The van der Waals surface area contributed by atoms with Gasteiger partial charge in [-0.05, 0) is 25.5 Å². The molecule has 1 aliphatic rings. The summed E-state index contributed by atoms with van der Waals surface area (Å²) in [5, 5.41) is 11.7. The maximum absolute atomic E-state index is 5.24. The maximum atomic E-state index is 5.24. The second kappa shape index (κ2) is 4.29. The summed E-state index contributed by atoms with van der Waals surface area (Å²) in [6.45, 7) is 1.03. The molecule has 1 atom stereocenters. The Balaban J connectivity index is 1.82. The first-order valence-corrected chi connectivity index (χ1v) is 5.90. The van der Waals surface area contributed by atoms with Crippen LogP contribution in [0.4, 0.5) is 0 Å². The lowest BCUT2D eigenvalue weighted by Crippen LogP contribution is -2.27. The van der Waals surface area contributed by atoms with E-state index < -0.39 is 0 Å². The summed E-state index contributed by atoms with van der Waals surface area (Å²) >= 11 is 0. The Morgan fingerprint density at radius 2 is 2.41 bits per heavy atom. The maximum Gasteiger partial charge on any atom is 0.278 e. The van der Waals surface area contributed by atoms with E-state index in [1.54, 1.807) is 4.68 Å². The molecule has 0 aromatic carbocycles. The van der Waals surface area contributed by atoms with Crippen LogP contribution in [0.2, 0.25) is 0 Å². The van der Waals surface area contributed by atoms with Crippen molar-refractivity contribution in [1.82, 2.24) is 25.2 Å². The van der Waals surface area contributed by atoms with Gasteiger partial charge in [-0.15, -0.1) is 0 Å². The van der Waals surface area contributed by atoms with Gasteiger partial charge < -0.3 is 9.84 Å². The first-order chi connectivity index (χ1) is 8.33. The minimum Gasteiger partial charge on any atom is -0.332 e. The Morgan fingerprint density at radius 1 is 1.47 bits per heavy atom. The van der Waals surface area contributed by atoms with Crippen LogP contribution in [0.15, 0.2) is 16.8 Å². The second-order valence-electron chi connectivity index (χ2n) is 4.33. The summed E-state index contributed by atoms with van der Waals surface area (Å²) in [4.78, 5) is 4.40. The first kappa shape index (κ1) is 10.5. The molecule has 1 aliphatic heterocycles. The second-order valence-corrected chi connectivity index (χ2v) is 4.33. The van der Waals surface area contributed by atoms with Crippen molar-refractivity contribution < 1.29 is 4.52 Å². The zero-order valence-electron chi connectivity index (χ0n) is 9.76. The predicted octanol–water partition coefficient (Wildman–Crippen LogP) is 1.28. The van der Waals surface area contributed by atoms with E-state index in [0.717, 1.165) is 24.5 Å². The van der Waals surface area contributed by atoms with Gasteiger partial charge in [0.2, 0.25) is 0 Å². The third-order valence-corrected chi connectivity index (χ3v) is 3.00. The van der Waals surface area contributed by atoms with E-state index in [-0.39, 0.29) is 6.04 Å². The van der Waals surface area contributed by atoms with Crippen LogP contribution in [0, 0.1) is 0 Å². The molecule has 0 amide bonds. The van der Waals surface area contributed by atoms with E-state index in [2.05, 4.69) is 20.6 Å². The number of nitrogens with one attached hydrogen (secondary N) is 1. The third-order valence-electron chi connectivity index (χ3n) is 3.00. The molecule has 3 rings (SSSR count). The Morgan fingerprint density at radius 3 is 3.12 bits per heavy atom. The van der Waals surface area contributed by atoms with E-state index in [0.29, 0.717) is 5.89 Å². The molecule has 1 saturated heterocycles. The number of aryl methyl sites for hydroxylation is 1. The molecule has 0 aliphatic carbocycles. The highest BCUT2D eigenvalue weighted by atomic mass is 16.5. The Kier molecular flexibility index (Phi) is 2.64. The summed E-state index contributed by atoms with van der Waals surface area (Å²) in [6.07, 6.45) is 5.37. The molecule has 1 N–H and O–H groups in total. The highest BCUT2D eigenvalue weighted by Gasteiger charge is 2.21. The molecule has 0 bridgehead atoms. The molecule has 6 nitrogen and oxygen atoms in total. The fourth-order valence-corrected chi connectivity index (χ4v) is 2.08. The summed E-state index contributed by atoms with van der Waals surface area (Å²) in [6, 6.07) is 2.09. The topological polar surface area (TPSA) is 68.8 Å². The van der Waals surface area contributed by atoms with Crippen molar-refractivity contribution in [2.24, 2.45) is 7.05 Å². The molecule has 1 fully saturated rings. The average molecular weight is 233 g/mol. The number of hydrogen-bond acceptors (Lipinski definition) is 5. The van der Waals surface area contributed by atoms with E-state index in [9.17, 15) is 0 Å². The van der Waals surface area contributed by atoms with E-state index in [4.69, 9.17) is 4.52 Å². The molecule has 90 valence electrons. The fraction of sp³-hybridized carbons (Fsp3) is 0.545. The normalized spacial score (nSPS) is 20.6. The van der Waals surface area contributed by atoms with E-state index in [1.807, 2.05) is 19.3 Å². The first-order valence-electron chi connectivity index (χ1n) is 5.90. The van der Waals surface area contributed by atoms with Gasteiger partial charge in [-0.2, -0.15) is 10.1 Å². The number of rotatable bonds is 2. The minimum absolute atomic E-state index is 0.227. The molecule has 17 heavy (non-hydrogen) atoms. The van der Waals surface area contributed by atoms with Crippen LogP contribution in [0.3, 0.4) is 0 Å². The molecular weight excluding hydrogens is 218 g/mol. The number of aromatic nitrogens is 4. The molecule has 0 saturated carbocycles. The molecule has 0 radical (unpaired) electrons. The van der Waals surface area contributed by atoms with Crippen molar-refractivity contribution in [2.75, 3.05) is 6.54 Å². The van der Waals surface area contributed by atoms with Gasteiger partial charge in [0.15, 0.2) is 11.5 Å².